The lowest BCUT2D eigenvalue weighted by molar-refractivity contribution is -0.120. The fourth-order valence-electron chi connectivity index (χ4n) is 2.28. The van der Waals surface area contributed by atoms with Gasteiger partial charge in [0.05, 0.1) is 17.8 Å². The van der Waals surface area contributed by atoms with E-state index < -0.39 is 38.4 Å². The highest BCUT2D eigenvalue weighted by Crippen LogP contribution is 2.22. The predicted octanol–water partition coefficient (Wildman–Crippen LogP) is 2.02. The minimum Gasteiger partial charge on any atom is -0.352 e. The molecule has 2 aromatic carbocycles. The van der Waals surface area contributed by atoms with Gasteiger partial charge in [-0.15, -0.1) is 0 Å². The summed E-state index contributed by atoms with van der Waals surface area (Å²) in [6.45, 7) is 3.21. The van der Waals surface area contributed by atoms with Crippen LogP contribution in [0.2, 0.25) is 0 Å². The molecule has 0 radical (unpaired) electrons. The summed E-state index contributed by atoms with van der Waals surface area (Å²) in [5, 5.41) is 4.96. The van der Waals surface area contributed by atoms with Crippen molar-refractivity contribution in [2.24, 2.45) is 0 Å². The first kappa shape index (κ1) is 21.3. The van der Waals surface area contributed by atoms with Crippen LogP contribution in [0.5, 0.6) is 0 Å². The molecule has 0 aromatic heterocycles. The van der Waals surface area contributed by atoms with E-state index in [-0.39, 0.29) is 23.8 Å². The van der Waals surface area contributed by atoms with Gasteiger partial charge in [-0.05, 0) is 44.2 Å². The molecule has 2 amide bonds. The van der Waals surface area contributed by atoms with Crippen molar-refractivity contribution in [3.63, 3.8) is 0 Å². The van der Waals surface area contributed by atoms with Crippen molar-refractivity contribution in [2.75, 3.05) is 11.3 Å². The Balaban J connectivity index is 2.23. The Morgan fingerprint density at radius 1 is 1.07 bits per heavy atom. The molecule has 2 aromatic rings. The minimum absolute atomic E-state index is 0.0831. The average Bonchev–Trinajstić information content (AvgIpc) is 2.61. The van der Waals surface area contributed by atoms with Crippen LogP contribution in [0.25, 0.3) is 0 Å². The zero-order chi connectivity index (χ0) is 20.9. The molecule has 0 aliphatic carbocycles. The van der Waals surface area contributed by atoms with Gasteiger partial charge < -0.3 is 10.6 Å². The quantitative estimate of drug-likeness (QED) is 0.648. The van der Waals surface area contributed by atoms with Crippen molar-refractivity contribution in [2.45, 2.75) is 24.8 Å². The smallest absolute Gasteiger partial charge is 0.264 e. The monoisotopic (exact) mass is 411 g/mol. The third-order valence-corrected chi connectivity index (χ3v) is 4.84. The third kappa shape index (κ3) is 5.49. The van der Waals surface area contributed by atoms with E-state index in [2.05, 4.69) is 15.4 Å². The first-order chi connectivity index (χ1) is 13.1. The Kier molecular flexibility index (Phi) is 6.68. The van der Waals surface area contributed by atoms with E-state index in [1.54, 1.807) is 13.8 Å². The number of para-hydroxylation sites is 1. The minimum atomic E-state index is -4.49. The summed E-state index contributed by atoms with van der Waals surface area (Å²) < 4.78 is 54.1. The molecule has 0 unspecified atom stereocenters. The number of carbonyl (C=O) groups excluding carboxylic acids is 2. The van der Waals surface area contributed by atoms with E-state index in [9.17, 15) is 26.8 Å². The summed E-state index contributed by atoms with van der Waals surface area (Å²) in [7, 11) is -4.49. The maximum atomic E-state index is 13.8. The molecule has 150 valence electrons. The molecule has 2 rings (SSSR count). The lowest BCUT2D eigenvalue weighted by atomic mass is 10.1. The number of hydrogen-bond acceptors (Lipinski definition) is 4. The predicted molar refractivity (Wildman–Crippen MR) is 99.2 cm³/mol. The molecular formula is C18H19F2N3O4S. The fraction of sp³-hybridized carbons (Fsp3) is 0.222. The molecule has 0 aliphatic rings. The second-order valence-electron chi connectivity index (χ2n) is 6.13. The number of anilines is 1. The van der Waals surface area contributed by atoms with E-state index in [1.165, 1.54) is 24.3 Å². The first-order valence-electron chi connectivity index (χ1n) is 8.24. The van der Waals surface area contributed by atoms with Crippen LogP contribution in [0, 0.1) is 11.6 Å². The maximum Gasteiger partial charge on any atom is 0.264 e. The van der Waals surface area contributed by atoms with Gasteiger partial charge in [0.1, 0.15) is 16.5 Å². The third-order valence-electron chi connectivity index (χ3n) is 3.46. The van der Waals surface area contributed by atoms with Crippen LogP contribution in [0.4, 0.5) is 14.5 Å². The molecule has 0 saturated carbocycles. The van der Waals surface area contributed by atoms with Crippen molar-refractivity contribution in [1.29, 1.82) is 0 Å². The Bertz CT molecular complexity index is 994. The Hall–Kier alpha value is -3.01. The number of nitrogens with one attached hydrogen (secondary N) is 3. The van der Waals surface area contributed by atoms with Crippen LogP contribution < -0.4 is 15.4 Å². The number of halogens is 2. The molecular weight excluding hydrogens is 392 g/mol. The molecule has 0 aliphatic heterocycles. The van der Waals surface area contributed by atoms with Gasteiger partial charge in [-0.25, -0.2) is 17.2 Å². The second kappa shape index (κ2) is 8.79. The number of rotatable bonds is 7. The first-order valence-corrected chi connectivity index (χ1v) is 9.73. The summed E-state index contributed by atoms with van der Waals surface area (Å²) >= 11 is 0. The lowest BCUT2D eigenvalue weighted by Crippen LogP contribution is -2.40. The number of amides is 2. The summed E-state index contributed by atoms with van der Waals surface area (Å²) in [6, 6.07) is 7.48. The lowest BCUT2D eigenvalue weighted by Gasteiger charge is -2.14. The molecule has 10 heteroatoms. The number of hydrogen-bond donors (Lipinski definition) is 3. The molecule has 7 nitrogen and oxygen atoms in total. The van der Waals surface area contributed by atoms with Crippen LogP contribution >= 0.6 is 0 Å². The van der Waals surface area contributed by atoms with Crippen molar-refractivity contribution in [3.05, 3.63) is 59.7 Å². The van der Waals surface area contributed by atoms with E-state index >= 15 is 0 Å². The fourth-order valence-corrected chi connectivity index (χ4v) is 3.45. The van der Waals surface area contributed by atoms with E-state index in [0.717, 1.165) is 6.07 Å². The van der Waals surface area contributed by atoms with Gasteiger partial charge in [0.25, 0.3) is 15.9 Å². The summed E-state index contributed by atoms with van der Waals surface area (Å²) in [5.41, 5.74) is -0.229. The highest BCUT2D eigenvalue weighted by atomic mass is 32.2. The molecule has 0 spiro atoms. The molecule has 0 fully saturated rings. The molecule has 0 heterocycles. The van der Waals surface area contributed by atoms with Gasteiger partial charge in [0, 0.05) is 6.04 Å². The summed E-state index contributed by atoms with van der Waals surface area (Å²) in [6.07, 6.45) is 0. The number of sulfonamides is 1. The van der Waals surface area contributed by atoms with Crippen LogP contribution in [0.15, 0.2) is 47.4 Å². The van der Waals surface area contributed by atoms with Crippen LogP contribution in [-0.4, -0.2) is 32.8 Å². The molecule has 0 saturated heterocycles. The van der Waals surface area contributed by atoms with E-state index in [1.807, 2.05) is 0 Å². The Morgan fingerprint density at radius 2 is 1.75 bits per heavy atom. The largest absolute Gasteiger partial charge is 0.352 e. The average molecular weight is 411 g/mol. The highest BCUT2D eigenvalue weighted by molar-refractivity contribution is 7.92. The molecule has 0 bridgehead atoms. The van der Waals surface area contributed by atoms with Gasteiger partial charge in [0.15, 0.2) is 0 Å². The van der Waals surface area contributed by atoms with E-state index in [0.29, 0.717) is 12.1 Å². The SMILES string of the molecule is CC(C)NC(=O)CNC(=O)c1ccccc1NS(=O)(=O)c1cc(F)ccc1F. The van der Waals surface area contributed by atoms with Gasteiger partial charge in [0.2, 0.25) is 5.91 Å². The zero-order valence-corrected chi connectivity index (χ0v) is 15.9. The summed E-state index contributed by atoms with van der Waals surface area (Å²) in [5.74, 6) is -3.19. The highest BCUT2D eigenvalue weighted by Gasteiger charge is 2.22. The molecule has 28 heavy (non-hydrogen) atoms. The van der Waals surface area contributed by atoms with Crippen LogP contribution in [0.3, 0.4) is 0 Å². The van der Waals surface area contributed by atoms with Gasteiger partial charge >= 0.3 is 0 Å². The molecule has 0 atom stereocenters. The van der Waals surface area contributed by atoms with Crippen molar-refractivity contribution in [3.8, 4) is 0 Å². The number of benzene rings is 2. The number of carbonyl (C=O) groups is 2. The van der Waals surface area contributed by atoms with Crippen molar-refractivity contribution < 1.29 is 26.8 Å². The van der Waals surface area contributed by atoms with Gasteiger partial charge in [-0.2, -0.15) is 0 Å². The standard InChI is InChI=1S/C18H19F2N3O4S/c1-11(2)22-17(24)10-21-18(25)13-5-3-4-6-15(13)23-28(26,27)16-9-12(19)7-8-14(16)20/h3-9,11,23H,10H2,1-2H3,(H,21,25)(H,22,24). The normalized spacial score (nSPS) is 11.2. The van der Waals surface area contributed by atoms with Crippen LogP contribution in [-0.2, 0) is 14.8 Å². The Labute approximate surface area is 161 Å². The van der Waals surface area contributed by atoms with Crippen LogP contribution in [0.1, 0.15) is 24.2 Å². The van der Waals surface area contributed by atoms with E-state index in [4.69, 9.17) is 0 Å². The second-order valence-corrected chi connectivity index (χ2v) is 7.78. The maximum absolute atomic E-state index is 13.8. The van der Waals surface area contributed by atoms with Crippen molar-refractivity contribution >= 4 is 27.5 Å². The van der Waals surface area contributed by atoms with Gasteiger partial charge in [-0.1, -0.05) is 12.1 Å². The summed E-state index contributed by atoms with van der Waals surface area (Å²) in [4.78, 5) is 23.1. The topological polar surface area (TPSA) is 104 Å². The zero-order valence-electron chi connectivity index (χ0n) is 15.1. The van der Waals surface area contributed by atoms with Gasteiger partial charge in [-0.3, -0.25) is 14.3 Å². The van der Waals surface area contributed by atoms with Crippen molar-refractivity contribution in [1.82, 2.24) is 10.6 Å². The molecule has 3 N–H and O–H groups in total. The Morgan fingerprint density at radius 3 is 2.43 bits per heavy atom.